The van der Waals surface area contributed by atoms with E-state index in [1.54, 1.807) is 34.0 Å². The van der Waals surface area contributed by atoms with Crippen LogP contribution >= 0.6 is 11.3 Å². The first-order valence-electron chi connectivity index (χ1n) is 7.62. The molecular formula is C16H20N2O2S2. The van der Waals surface area contributed by atoms with Gasteiger partial charge in [-0.1, -0.05) is 12.5 Å². The Morgan fingerprint density at radius 3 is 2.91 bits per heavy atom. The lowest BCUT2D eigenvalue weighted by Gasteiger charge is -2.34. The van der Waals surface area contributed by atoms with Crippen molar-refractivity contribution in [1.29, 1.82) is 0 Å². The molecule has 1 saturated heterocycles. The summed E-state index contributed by atoms with van der Waals surface area (Å²) in [5, 5.41) is 2.07. The predicted octanol–water partition coefficient (Wildman–Crippen LogP) is 3.32. The summed E-state index contributed by atoms with van der Waals surface area (Å²) >= 11 is 1.74. The normalized spacial score (nSPS) is 20.1. The molecule has 0 aromatic carbocycles. The Kier molecular flexibility index (Phi) is 4.90. The van der Waals surface area contributed by atoms with E-state index in [9.17, 15) is 8.42 Å². The van der Waals surface area contributed by atoms with Gasteiger partial charge in [-0.3, -0.25) is 4.98 Å². The highest BCUT2D eigenvalue weighted by Crippen LogP contribution is 2.28. The van der Waals surface area contributed by atoms with Crippen LogP contribution in [-0.4, -0.2) is 30.3 Å². The van der Waals surface area contributed by atoms with E-state index >= 15 is 0 Å². The number of aromatic nitrogens is 1. The van der Waals surface area contributed by atoms with Gasteiger partial charge in [0.15, 0.2) is 0 Å². The molecule has 0 unspecified atom stereocenters. The summed E-state index contributed by atoms with van der Waals surface area (Å²) in [5.41, 5.74) is 0. The van der Waals surface area contributed by atoms with E-state index in [-0.39, 0.29) is 6.04 Å². The van der Waals surface area contributed by atoms with Crippen LogP contribution in [0.5, 0.6) is 0 Å². The van der Waals surface area contributed by atoms with Crippen LogP contribution < -0.4 is 0 Å². The van der Waals surface area contributed by atoms with Gasteiger partial charge in [-0.05, 0) is 49.3 Å². The summed E-state index contributed by atoms with van der Waals surface area (Å²) < 4.78 is 27.4. The summed E-state index contributed by atoms with van der Waals surface area (Å²) in [6.07, 6.45) is 7.87. The topological polar surface area (TPSA) is 50.3 Å². The number of aryl methyl sites for hydroxylation is 1. The molecule has 1 atom stereocenters. The number of piperidine rings is 1. The van der Waals surface area contributed by atoms with Crippen LogP contribution in [0.3, 0.4) is 0 Å². The van der Waals surface area contributed by atoms with Crippen molar-refractivity contribution >= 4 is 21.4 Å². The summed E-state index contributed by atoms with van der Waals surface area (Å²) in [6.45, 7) is 0.617. The maximum Gasteiger partial charge on any atom is 0.244 e. The van der Waals surface area contributed by atoms with Crippen LogP contribution in [0.1, 0.15) is 30.6 Å². The Hall–Kier alpha value is -1.24. The third-order valence-corrected chi connectivity index (χ3v) is 6.99. The van der Waals surface area contributed by atoms with Crippen LogP contribution in [-0.2, 0) is 16.4 Å². The summed E-state index contributed by atoms with van der Waals surface area (Å²) in [5.74, 6) is 0. The van der Waals surface area contributed by atoms with Crippen molar-refractivity contribution in [1.82, 2.24) is 9.29 Å². The molecule has 3 rings (SSSR count). The second kappa shape index (κ2) is 6.89. The minimum atomic E-state index is -3.43. The zero-order valence-electron chi connectivity index (χ0n) is 12.4. The Bertz CT molecular complexity index is 684. The molecule has 1 aliphatic heterocycles. The number of hydrogen-bond donors (Lipinski definition) is 0. The van der Waals surface area contributed by atoms with Gasteiger partial charge in [-0.2, -0.15) is 4.31 Å². The predicted molar refractivity (Wildman–Crippen MR) is 88.4 cm³/mol. The molecule has 0 saturated carbocycles. The fraction of sp³-hybridized carbons (Fsp3) is 0.438. The third kappa shape index (κ3) is 3.39. The summed E-state index contributed by atoms with van der Waals surface area (Å²) in [4.78, 5) is 5.58. The number of hydrogen-bond acceptors (Lipinski definition) is 4. The van der Waals surface area contributed by atoms with Crippen molar-refractivity contribution in [3.05, 3.63) is 46.9 Å². The first-order valence-corrected chi connectivity index (χ1v) is 9.94. The second-order valence-electron chi connectivity index (χ2n) is 5.57. The second-order valence-corrected chi connectivity index (χ2v) is 8.49. The Morgan fingerprint density at radius 1 is 1.27 bits per heavy atom. The summed E-state index contributed by atoms with van der Waals surface area (Å²) in [7, 11) is -3.43. The van der Waals surface area contributed by atoms with Gasteiger partial charge in [-0.25, -0.2) is 8.42 Å². The van der Waals surface area contributed by atoms with Crippen LogP contribution in [0.25, 0.3) is 0 Å². The van der Waals surface area contributed by atoms with Crippen LogP contribution in [0.15, 0.2) is 46.9 Å². The fourth-order valence-electron chi connectivity index (χ4n) is 2.98. The number of sulfonamides is 1. The number of nitrogens with zero attached hydrogens (tertiary/aromatic N) is 2. The van der Waals surface area contributed by atoms with Crippen molar-refractivity contribution in [2.75, 3.05) is 6.54 Å². The van der Waals surface area contributed by atoms with E-state index in [1.807, 2.05) is 6.07 Å². The minimum absolute atomic E-state index is 0.0982. The van der Waals surface area contributed by atoms with Gasteiger partial charge in [0.25, 0.3) is 0 Å². The molecule has 0 bridgehead atoms. The molecule has 0 amide bonds. The van der Waals surface area contributed by atoms with Crippen LogP contribution in [0, 0.1) is 0 Å². The monoisotopic (exact) mass is 336 g/mol. The molecule has 0 N–H and O–H groups in total. The third-order valence-electron chi connectivity index (χ3n) is 4.12. The van der Waals surface area contributed by atoms with Crippen molar-refractivity contribution in [2.45, 2.75) is 43.0 Å². The molecule has 3 heterocycles. The lowest BCUT2D eigenvalue weighted by Crippen LogP contribution is -2.43. The largest absolute Gasteiger partial charge is 0.263 e. The molecule has 0 aliphatic carbocycles. The molecule has 0 spiro atoms. The molecule has 4 nitrogen and oxygen atoms in total. The van der Waals surface area contributed by atoms with Gasteiger partial charge >= 0.3 is 0 Å². The van der Waals surface area contributed by atoms with Crippen LogP contribution in [0.4, 0.5) is 0 Å². The highest BCUT2D eigenvalue weighted by molar-refractivity contribution is 7.89. The highest BCUT2D eigenvalue weighted by Gasteiger charge is 2.33. The SMILES string of the molecule is O=S(=O)(c1cccnc1)N1CCCC[C@H]1CCc1cccs1. The standard InChI is InChI=1S/C16H20N2O2S2/c19-22(20,16-7-3-10-17-13-16)18-11-2-1-5-14(18)8-9-15-6-4-12-21-15/h3-4,6-7,10,12-14H,1-2,5,8-9,11H2/t14-/m0/s1. The van der Waals surface area contributed by atoms with E-state index in [0.717, 1.165) is 32.1 Å². The van der Waals surface area contributed by atoms with Gasteiger partial charge in [0, 0.05) is 29.9 Å². The molecule has 1 aliphatic rings. The van der Waals surface area contributed by atoms with Gasteiger partial charge in [0.1, 0.15) is 4.90 Å². The maximum absolute atomic E-state index is 12.8. The Labute approximate surface area is 135 Å². The van der Waals surface area contributed by atoms with Crippen molar-refractivity contribution in [3.8, 4) is 0 Å². The molecular weight excluding hydrogens is 316 g/mol. The Morgan fingerprint density at radius 2 is 2.18 bits per heavy atom. The zero-order chi connectivity index (χ0) is 15.4. The maximum atomic E-state index is 12.8. The fourth-order valence-corrected chi connectivity index (χ4v) is 5.39. The van der Waals surface area contributed by atoms with Gasteiger partial charge in [-0.15, -0.1) is 11.3 Å². The Balaban J connectivity index is 1.77. The van der Waals surface area contributed by atoms with E-state index < -0.39 is 10.0 Å². The lowest BCUT2D eigenvalue weighted by atomic mass is 10.0. The van der Waals surface area contributed by atoms with E-state index in [4.69, 9.17) is 0 Å². The number of pyridine rings is 1. The van der Waals surface area contributed by atoms with Crippen molar-refractivity contribution < 1.29 is 8.42 Å². The molecule has 22 heavy (non-hydrogen) atoms. The molecule has 1 fully saturated rings. The number of rotatable bonds is 5. The van der Waals surface area contributed by atoms with Gasteiger partial charge in [0.2, 0.25) is 10.0 Å². The minimum Gasteiger partial charge on any atom is -0.263 e. The van der Waals surface area contributed by atoms with E-state index in [1.165, 1.54) is 11.1 Å². The smallest absolute Gasteiger partial charge is 0.244 e. The molecule has 0 radical (unpaired) electrons. The average molecular weight is 336 g/mol. The number of thiophene rings is 1. The van der Waals surface area contributed by atoms with Crippen molar-refractivity contribution in [3.63, 3.8) is 0 Å². The zero-order valence-corrected chi connectivity index (χ0v) is 14.0. The quantitative estimate of drug-likeness (QED) is 0.841. The van der Waals surface area contributed by atoms with E-state index in [0.29, 0.717) is 11.4 Å². The van der Waals surface area contributed by atoms with Gasteiger partial charge < -0.3 is 0 Å². The van der Waals surface area contributed by atoms with E-state index in [2.05, 4.69) is 16.4 Å². The lowest BCUT2D eigenvalue weighted by molar-refractivity contribution is 0.241. The first-order chi connectivity index (χ1) is 10.7. The van der Waals surface area contributed by atoms with Crippen molar-refractivity contribution in [2.24, 2.45) is 0 Å². The molecule has 2 aromatic heterocycles. The average Bonchev–Trinajstić information content (AvgIpc) is 3.07. The molecule has 118 valence electrons. The molecule has 6 heteroatoms. The highest BCUT2D eigenvalue weighted by atomic mass is 32.2. The molecule has 2 aromatic rings. The van der Waals surface area contributed by atoms with Crippen LogP contribution in [0.2, 0.25) is 0 Å². The first kappa shape index (κ1) is 15.6. The van der Waals surface area contributed by atoms with Gasteiger partial charge in [0.05, 0.1) is 0 Å². The summed E-state index contributed by atoms with van der Waals surface area (Å²) in [6, 6.07) is 7.57.